The van der Waals surface area contributed by atoms with Crippen LogP contribution in [0.5, 0.6) is 0 Å². The zero-order chi connectivity index (χ0) is 15.1. The van der Waals surface area contributed by atoms with Crippen LogP contribution in [0.2, 0.25) is 0 Å². The van der Waals surface area contributed by atoms with Crippen molar-refractivity contribution >= 4 is 11.7 Å². The first kappa shape index (κ1) is 15.1. The molecule has 0 spiro atoms. The molecule has 5 heteroatoms. The van der Waals surface area contributed by atoms with Gasteiger partial charge in [0.25, 0.3) is 0 Å². The van der Waals surface area contributed by atoms with Crippen LogP contribution in [0.1, 0.15) is 25.8 Å². The lowest BCUT2D eigenvalue weighted by atomic mass is 10.1. The van der Waals surface area contributed by atoms with E-state index in [1.54, 1.807) is 6.20 Å². The Hall–Kier alpha value is -2.30. The third-order valence-corrected chi connectivity index (χ3v) is 3.16. The van der Waals surface area contributed by atoms with Gasteiger partial charge in [0, 0.05) is 24.6 Å². The lowest BCUT2D eigenvalue weighted by molar-refractivity contribution is 0.251. The second-order valence-electron chi connectivity index (χ2n) is 5.42. The van der Waals surface area contributed by atoms with Crippen LogP contribution < -0.4 is 10.6 Å². The number of nitrogens with zero attached hydrogens (tertiary/aromatic N) is 2. The number of benzene rings is 1. The maximum Gasteiger partial charge on any atom is 0.319 e. The average Bonchev–Trinajstić information content (AvgIpc) is 2.93. The van der Waals surface area contributed by atoms with E-state index in [0.717, 1.165) is 17.7 Å². The van der Waals surface area contributed by atoms with Gasteiger partial charge in [-0.1, -0.05) is 32.0 Å². The highest BCUT2D eigenvalue weighted by Gasteiger charge is 2.07. The maximum atomic E-state index is 11.9. The summed E-state index contributed by atoms with van der Waals surface area (Å²) in [4.78, 5) is 11.9. The molecule has 2 amide bonds. The van der Waals surface area contributed by atoms with E-state index in [1.807, 2.05) is 41.2 Å². The van der Waals surface area contributed by atoms with Crippen LogP contribution in [0.3, 0.4) is 0 Å². The van der Waals surface area contributed by atoms with Crippen LogP contribution in [0, 0.1) is 5.92 Å². The highest BCUT2D eigenvalue weighted by Crippen LogP contribution is 2.16. The van der Waals surface area contributed by atoms with Gasteiger partial charge in [0.05, 0.1) is 6.54 Å². The van der Waals surface area contributed by atoms with E-state index >= 15 is 0 Å². The van der Waals surface area contributed by atoms with E-state index in [9.17, 15) is 4.79 Å². The highest BCUT2D eigenvalue weighted by atomic mass is 16.2. The van der Waals surface area contributed by atoms with E-state index in [1.165, 1.54) is 0 Å². The molecule has 112 valence electrons. The smallest absolute Gasteiger partial charge is 0.319 e. The number of para-hydroxylation sites is 1. The van der Waals surface area contributed by atoms with Gasteiger partial charge < -0.3 is 10.6 Å². The fourth-order valence-corrected chi connectivity index (χ4v) is 1.99. The first-order chi connectivity index (χ1) is 10.1. The molecule has 21 heavy (non-hydrogen) atoms. The molecule has 5 nitrogen and oxygen atoms in total. The van der Waals surface area contributed by atoms with Crippen LogP contribution in [0.4, 0.5) is 10.5 Å². The van der Waals surface area contributed by atoms with Crippen LogP contribution in [0.25, 0.3) is 0 Å². The number of nitrogens with one attached hydrogen (secondary N) is 2. The van der Waals surface area contributed by atoms with Crippen molar-refractivity contribution in [3.05, 3.63) is 48.3 Å². The van der Waals surface area contributed by atoms with Gasteiger partial charge in [-0.25, -0.2) is 4.79 Å². The van der Waals surface area contributed by atoms with E-state index in [2.05, 4.69) is 29.6 Å². The topological polar surface area (TPSA) is 59.0 Å². The van der Waals surface area contributed by atoms with E-state index in [-0.39, 0.29) is 6.03 Å². The number of hydrogen-bond donors (Lipinski definition) is 2. The molecule has 0 unspecified atom stereocenters. The molecule has 0 bridgehead atoms. The quantitative estimate of drug-likeness (QED) is 0.857. The summed E-state index contributed by atoms with van der Waals surface area (Å²) in [5.41, 5.74) is 1.84. The third-order valence-electron chi connectivity index (χ3n) is 3.16. The third kappa shape index (κ3) is 4.95. The Morgan fingerprint density at radius 2 is 2.10 bits per heavy atom. The van der Waals surface area contributed by atoms with Gasteiger partial charge in [-0.2, -0.15) is 5.10 Å². The summed E-state index contributed by atoms with van der Waals surface area (Å²) in [5, 5.41) is 9.97. The number of anilines is 1. The molecule has 0 radical (unpaired) electrons. The molecular weight excluding hydrogens is 264 g/mol. The van der Waals surface area contributed by atoms with Crippen LogP contribution in [0.15, 0.2) is 42.7 Å². The average molecular weight is 286 g/mol. The molecule has 0 fully saturated rings. The second-order valence-corrected chi connectivity index (χ2v) is 5.42. The fraction of sp³-hybridized carbons (Fsp3) is 0.375. The minimum absolute atomic E-state index is 0.163. The molecule has 2 aromatic rings. The van der Waals surface area contributed by atoms with Gasteiger partial charge in [-0.3, -0.25) is 4.68 Å². The predicted molar refractivity (Wildman–Crippen MR) is 84.2 cm³/mol. The summed E-state index contributed by atoms with van der Waals surface area (Å²) in [6.07, 6.45) is 4.62. The summed E-state index contributed by atoms with van der Waals surface area (Å²) >= 11 is 0. The van der Waals surface area contributed by atoms with Crippen molar-refractivity contribution in [1.29, 1.82) is 0 Å². The summed E-state index contributed by atoms with van der Waals surface area (Å²) in [5.74, 6) is 0.581. The van der Waals surface area contributed by atoms with Crippen molar-refractivity contribution in [2.45, 2.75) is 26.8 Å². The Morgan fingerprint density at radius 1 is 1.29 bits per heavy atom. The second kappa shape index (κ2) is 7.47. The van der Waals surface area contributed by atoms with Crippen molar-refractivity contribution in [2.75, 3.05) is 11.9 Å². The van der Waals surface area contributed by atoms with Crippen LogP contribution in [-0.2, 0) is 6.54 Å². The summed E-state index contributed by atoms with van der Waals surface area (Å²) in [6.45, 7) is 5.60. The minimum atomic E-state index is -0.163. The normalized spacial score (nSPS) is 10.6. The first-order valence-electron chi connectivity index (χ1n) is 7.25. The predicted octanol–water partition coefficient (Wildman–Crippen LogP) is 3.10. The van der Waals surface area contributed by atoms with Crippen molar-refractivity contribution in [2.24, 2.45) is 5.92 Å². The molecule has 0 aliphatic heterocycles. The van der Waals surface area contributed by atoms with E-state index in [4.69, 9.17) is 0 Å². The Kier molecular flexibility index (Phi) is 5.37. The van der Waals surface area contributed by atoms with E-state index < -0.39 is 0 Å². The molecule has 1 aromatic carbocycles. The molecule has 1 aromatic heterocycles. The molecule has 0 aliphatic rings. The van der Waals surface area contributed by atoms with E-state index in [0.29, 0.717) is 19.0 Å². The summed E-state index contributed by atoms with van der Waals surface area (Å²) < 4.78 is 1.83. The van der Waals surface area contributed by atoms with Crippen molar-refractivity contribution in [3.8, 4) is 0 Å². The molecule has 1 heterocycles. The maximum absolute atomic E-state index is 11.9. The standard InChI is InChI=1S/C16H22N4O/c1-13(2)8-10-17-16(21)19-15-7-4-3-6-14(15)12-20-11-5-9-18-20/h3-7,9,11,13H,8,10,12H2,1-2H3,(H2,17,19,21). The molecule has 2 rings (SSSR count). The monoisotopic (exact) mass is 286 g/mol. The van der Waals surface area contributed by atoms with Crippen LogP contribution >= 0.6 is 0 Å². The van der Waals surface area contributed by atoms with Gasteiger partial charge in [-0.05, 0) is 30.0 Å². The van der Waals surface area contributed by atoms with Crippen molar-refractivity contribution in [3.63, 3.8) is 0 Å². The molecule has 2 N–H and O–H groups in total. The zero-order valence-electron chi connectivity index (χ0n) is 12.5. The number of carbonyl (C=O) groups is 1. The first-order valence-corrected chi connectivity index (χ1v) is 7.25. The Bertz CT molecular complexity index is 563. The number of urea groups is 1. The van der Waals surface area contributed by atoms with Crippen LogP contribution in [-0.4, -0.2) is 22.4 Å². The van der Waals surface area contributed by atoms with Gasteiger partial charge in [0.15, 0.2) is 0 Å². The van der Waals surface area contributed by atoms with Gasteiger partial charge >= 0.3 is 6.03 Å². The number of hydrogen-bond acceptors (Lipinski definition) is 2. The van der Waals surface area contributed by atoms with Crippen molar-refractivity contribution < 1.29 is 4.79 Å². The molecule has 0 saturated carbocycles. The number of carbonyl (C=O) groups excluding carboxylic acids is 1. The largest absolute Gasteiger partial charge is 0.338 e. The number of aromatic nitrogens is 2. The molecule has 0 atom stereocenters. The molecule has 0 aliphatic carbocycles. The number of rotatable bonds is 6. The Balaban J connectivity index is 1.95. The Morgan fingerprint density at radius 3 is 2.81 bits per heavy atom. The minimum Gasteiger partial charge on any atom is -0.338 e. The SMILES string of the molecule is CC(C)CCNC(=O)Nc1ccccc1Cn1cccn1. The van der Waals surface area contributed by atoms with Crippen molar-refractivity contribution in [1.82, 2.24) is 15.1 Å². The zero-order valence-corrected chi connectivity index (χ0v) is 12.5. The lowest BCUT2D eigenvalue weighted by Crippen LogP contribution is -2.30. The lowest BCUT2D eigenvalue weighted by Gasteiger charge is -2.12. The Labute approximate surface area is 125 Å². The van der Waals surface area contributed by atoms with Gasteiger partial charge in [0.2, 0.25) is 0 Å². The highest BCUT2D eigenvalue weighted by molar-refractivity contribution is 5.90. The number of amides is 2. The fourth-order valence-electron chi connectivity index (χ4n) is 1.99. The summed E-state index contributed by atoms with van der Waals surface area (Å²) in [6, 6.07) is 9.49. The molecule has 0 saturated heterocycles. The van der Waals surface area contributed by atoms with Gasteiger partial charge in [-0.15, -0.1) is 0 Å². The summed E-state index contributed by atoms with van der Waals surface area (Å²) in [7, 11) is 0. The van der Waals surface area contributed by atoms with Gasteiger partial charge in [0.1, 0.15) is 0 Å². The molecular formula is C16H22N4O.